The average Bonchev–Trinajstić information content (AvgIpc) is 3.43. The molecule has 33 heavy (non-hydrogen) atoms. The Morgan fingerprint density at radius 3 is 2.36 bits per heavy atom. The van der Waals surface area contributed by atoms with Gasteiger partial charge in [0.25, 0.3) is 5.91 Å². The van der Waals surface area contributed by atoms with E-state index >= 15 is 0 Å². The van der Waals surface area contributed by atoms with Gasteiger partial charge >= 0.3 is 12.4 Å². The van der Waals surface area contributed by atoms with Crippen molar-refractivity contribution in [1.29, 1.82) is 0 Å². The highest BCUT2D eigenvalue weighted by atomic mass is 32.1. The van der Waals surface area contributed by atoms with Crippen LogP contribution in [0.4, 0.5) is 32.0 Å². The molecular weight excluding hydrogens is 472 g/mol. The zero-order chi connectivity index (χ0) is 23.8. The third-order valence-electron chi connectivity index (χ3n) is 5.84. The predicted octanol–water partition coefficient (Wildman–Crippen LogP) is 4.15. The van der Waals surface area contributed by atoms with Crippen molar-refractivity contribution in [3.05, 3.63) is 45.9 Å². The minimum atomic E-state index is -4.98. The van der Waals surface area contributed by atoms with E-state index in [-0.39, 0.29) is 6.07 Å². The SMILES string of the molecule is O=C(NNc1cc(C(F)(F)F)cc(C(F)(F)F)c1)C(c1nccs1)N1CCN2CCC[C@@H]2C1. The summed E-state index contributed by atoms with van der Waals surface area (Å²) in [6.45, 7) is 3.00. The number of rotatable bonds is 5. The van der Waals surface area contributed by atoms with Crippen LogP contribution in [0.15, 0.2) is 29.8 Å². The van der Waals surface area contributed by atoms with E-state index in [9.17, 15) is 31.1 Å². The molecule has 6 nitrogen and oxygen atoms in total. The lowest BCUT2D eigenvalue weighted by molar-refractivity contribution is -0.143. The molecule has 2 aliphatic heterocycles. The summed E-state index contributed by atoms with van der Waals surface area (Å²) in [5.41, 5.74) is 1.06. The van der Waals surface area contributed by atoms with E-state index in [1.807, 2.05) is 4.90 Å². The normalized spacial score (nSPS) is 21.0. The maximum atomic E-state index is 13.1. The van der Waals surface area contributed by atoms with Crippen LogP contribution in [0.25, 0.3) is 0 Å². The molecular formula is C20H21F6N5OS. The highest BCUT2D eigenvalue weighted by Gasteiger charge is 2.39. The van der Waals surface area contributed by atoms with Crippen molar-refractivity contribution >= 4 is 22.9 Å². The first-order valence-corrected chi connectivity index (χ1v) is 11.1. The molecule has 2 aliphatic rings. The Morgan fingerprint density at radius 1 is 1.06 bits per heavy atom. The molecule has 1 aromatic carbocycles. The number of thiazole rings is 1. The van der Waals surface area contributed by atoms with Crippen LogP contribution in [-0.4, -0.2) is 52.9 Å². The number of piperazine rings is 1. The van der Waals surface area contributed by atoms with Crippen molar-refractivity contribution in [3.63, 3.8) is 0 Å². The van der Waals surface area contributed by atoms with E-state index in [1.165, 1.54) is 11.3 Å². The van der Waals surface area contributed by atoms with E-state index < -0.39 is 41.1 Å². The molecule has 2 N–H and O–H groups in total. The van der Waals surface area contributed by atoms with Gasteiger partial charge in [-0.05, 0) is 37.6 Å². The Labute approximate surface area is 189 Å². The number of carbonyl (C=O) groups is 1. The lowest BCUT2D eigenvalue weighted by Crippen LogP contribution is -2.54. The zero-order valence-electron chi connectivity index (χ0n) is 17.2. The largest absolute Gasteiger partial charge is 0.416 e. The third kappa shape index (κ3) is 5.41. The Morgan fingerprint density at radius 2 is 1.76 bits per heavy atom. The van der Waals surface area contributed by atoms with E-state index in [4.69, 9.17) is 0 Å². The maximum Gasteiger partial charge on any atom is 0.416 e. The molecule has 1 amide bonds. The number of benzene rings is 1. The fourth-order valence-electron chi connectivity index (χ4n) is 4.28. The third-order valence-corrected chi connectivity index (χ3v) is 6.66. The van der Waals surface area contributed by atoms with Crippen LogP contribution < -0.4 is 10.9 Å². The first kappa shape index (κ1) is 23.8. The second-order valence-corrected chi connectivity index (χ2v) is 8.93. The molecule has 2 fully saturated rings. The number of hydrazine groups is 1. The average molecular weight is 493 g/mol. The van der Waals surface area contributed by atoms with Gasteiger partial charge in [-0.3, -0.25) is 25.4 Å². The fraction of sp³-hybridized carbons (Fsp3) is 0.500. The highest BCUT2D eigenvalue weighted by Crippen LogP contribution is 2.37. The number of nitrogens with one attached hydrogen (secondary N) is 2. The summed E-state index contributed by atoms with van der Waals surface area (Å²) in [5, 5.41) is 2.21. The number of aromatic nitrogens is 1. The highest BCUT2D eigenvalue weighted by molar-refractivity contribution is 7.09. The lowest BCUT2D eigenvalue weighted by atomic mass is 10.1. The molecule has 1 aromatic heterocycles. The van der Waals surface area contributed by atoms with Gasteiger partial charge in [0, 0.05) is 37.3 Å². The van der Waals surface area contributed by atoms with Gasteiger partial charge < -0.3 is 0 Å². The monoisotopic (exact) mass is 493 g/mol. The van der Waals surface area contributed by atoms with E-state index in [0.29, 0.717) is 36.3 Å². The summed E-state index contributed by atoms with van der Waals surface area (Å²) < 4.78 is 78.6. The van der Waals surface area contributed by atoms with Crippen LogP contribution in [-0.2, 0) is 17.1 Å². The minimum absolute atomic E-state index is 0.0342. The number of carbonyl (C=O) groups excluding carboxylic acids is 1. The molecule has 0 bridgehead atoms. The molecule has 13 heteroatoms. The van der Waals surface area contributed by atoms with Crippen LogP contribution >= 0.6 is 11.3 Å². The van der Waals surface area contributed by atoms with Crippen LogP contribution in [0, 0.1) is 0 Å². The predicted molar refractivity (Wildman–Crippen MR) is 109 cm³/mol. The van der Waals surface area contributed by atoms with Crippen molar-refractivity contribution in [2.24, 2.45) is 0 Å². The quantitative estimate of drug-likeness (QED) is 0.484. The van der Waals surface area contributed by atoms with Gasteiger partial charge in [-0.25, -0.2) is 4.98 Å². The van der Waals surface area contributed by atoms with Crippen molar-refractivity contribution in [2.75, 3.05) is 31.6 Å². The van der Waals surface area contributed by atoms with Crippen molar-refractivity contribution in [1.82, 2.24) is 20.2 Å². The summed E-state index contributed by atoms with van der Waals surface area (Å²) in [7, 11) is 0. The fourth-order valence-corrected chi connectivity index (χ4v) is 5.05. The molecule has 3 heterocycles. The van der Waals surface area contributed by atoms with Gasteiger partial charge in [-0.2, -0.15) is 26.3 Å². The van der Waals surface area contributed by atoms with E-state index in [0.717, 1.165) is 25.9 Å². The first-order chi connectivity index (χ1) is 15.5. The molecule has 0 spiro atoms. The Bertz CT molecular complexity index is 948. The molecule has 2 aromatic rings. The van der Waals surface area contributed by atoms with Gasteiger partial charge in [0.05, 0.1) is 16.8 Å². The van der Waals surface area contributed by atoms with Gasteiger partial charge in [-0.15, -0.1) is 11.3 Å². The van der Waals surface area contributed by atoms with Gasteiger partial charge in [0.15, 0.2) is 0 Å². The smallest absolute Gasteiger partial charge is 0.299 e. The molecule has 1 unspecified atom stereocenters. The Balaban J connectivity index is 1.53. The van der Waals surface area contributed by atoms with Crippen LogP contribution in [0.2, 0.25) is 0 Å². The second-order valence-electron chi connectivity index (χ2n) is 8.01. The molecule has 0 aliphatic carbocycles. The number of anilines is 1. The van der Waals surface area contributed by atoms with Crippen LogP contribution in [0.5, 0.6) is 0 Å². The molecule has 180 valence electrons. The molecule has 2 saturated heterocycles. The summed E-state index contributed by atoms with van der Waals surface area (Å²) >= 11 is 1.26. The molecule has 0 radical (unpaired) electrons. The lowest BCUT2D eigenvalue weighted by Gasteiger charge is -2.40. The second kappa shape index (κ2) is 9.11. The van der Waals surface area contributed by atoms with Crippen LogP contribution in [0.1, 0.15) is 35.0 Å². The molecule has 2 atom stereocenters. The summed E-state index contributed by atoms with van der Waals surface area (Å²) in [4.78, 5) is 21.6. The summed E-state index contributed by atoms with van der Waals surface area (Å²) in [6.07, 6.45) is -6.34. The number of amides is 1. The molecule has 4 rings (SSSR count). The first-order valence-electron chi connectivity index (χ1n) is 10.3. The minimum Gasteiger partial charge on any atom is -0.299 e. The van der Waals surface area contributed by atoms with Gasteiger partial charge in [0.1, 0.15) is 11.0 Å². The van der Waals surface area contributed by atoms with E-state index in [1.54, 1.807) is 11.6 Å². The summed E-state index contributed by atoms with van der Waals surface area (Å²) in [6, 6.07) is 0.566. The molecule has 0 saturated carbocycles. The van der Waals surface area contributed by atoms with E-state index in [2.05, 4.69) is 20.7 Å². The number of hydrogen-bond acceptors (Lipinski definition) is 6. The van der Waals surface area contributed by atoms with Crippen molar-refractivity contribution < 1.29 is 31.1 Å². The zero-order valence-corrected chi connectivity index (χ0v) is 18.0. The summed E-state index contributed by atoms with van der Waals surface area (Å²) in [5.74, 6) is -0.609. The Kier molecular flexibility index (Phi) is 6.56. The number of halogens is 6. The van der Waals surface area contributed by atoms with Gasteiger partial charge in [-0.1, -0.05) is 0 Å². The number of fused-ring (bicyclic) bond motifs is 1. The maximum absolute atomic E-state index is 13.1. The number of hydrogen-bond donors (Lipinski definition) is 2. The van der Waals surface area contributed by atoms with Crippen LogP contribution in [0.3, 0.4) is 0 Å². The van der Waals surface area contributed by atoms with Crippen molar-refractivity contribution in [3.8, 4) is 0 Å². The standard InChI is InChI=1S/C20H21F6N5OS/c21-19(22,23)12-8-13(20(24,25)26)10-14(9-12)28-29-17(32)16(18-27-3-7-33-18)31-6-5-30-4-1-2-15(30)11-31/h3,7-10,15-16,28H,1-2,4-6,11H2,(H,29,32)/t15-,16?/m1/s1. The number of nitrogens with zero attached hydrogens (tertiary/aromatic N) is 3. The topological polar surface area (TPSA) is 60.5 Å². The number of alkyl halides is 6. The van der Waals surface area contributed by atoms with Crippen molar-refractivity contribution in [2.45, 2.75) is 37.3 Å². The Hall–Kier alpha value is -2.38. The van der Waals surface area contributed by atoms with Gasteiger partial charge in [0.2, 0.25) is 0 Å².